The lowest BCUT2D eigenvalue weighted by molar-refractivity contribution is 0.102. The van der Waals surface area contributed by atoms with Crippen molar-refractivity contribution in [3.63, 3.8) is 0 Å². The van der Waals surface area contributed by atoms with Crippen LogP contribution in [0.25, 0.3) is 11.3 Å². The summed E-state index contributed by atoms with van der Waals surface area (Å²) in [6.45, 7) is 10.3. The Balaban J connectivity index is 1.73. The third kappa shape index (κ3) is 4.37. The Kier molecular flexibility index (Phi) is 5.91. The van der Waals surface area contributed by atoms with Crippen LogP contribution in [0.3, 0.4) is 0 Å². The maximum Gasteiger partial charge on any atom is 0.257 e. The van der Waals surface area contributed by atoms with Crippen LogP contribution in [0.5, 0.6) is 0 Å². The molecular formula is C22H25N3OS. The summed E-state index contributed by atoms with van der Waals surface area (Å²) < 4.78 is 0. The standard InChI is InChI=1S/C22H25N3OS/c1-5-25(6-2)18-11-9-17(10-12-18)21(26)24-22-23-20(14-27-22)19-13-15(3)7-8-16(19)4/h7-14H,5-6H2,1-4H3,(H,23,24,26). The predicted molar refractivity (Wildman–Crippen MR) is 115 cm³/mol. The summed E-state index contributed by atoms with van der Waals surface area (Å²) in [5, 5.41) is 5.52. The largest absolute Gasteiger partial charge is 0.372 e. The topological polar surface area (TPSA) is 45.2 Å². The molecule has 1 heterocycles. The molecule has 5 heteroatoms. The maximum absolute atomic E-state index is 12.5. The van der Waals surface area contributed by atoms with E-state index in [9.17, 15) is 4.79 Å². The van der Waals surface area contributed by atoms with Crippen LogP contribution in [0.4, 0.5) is 10.8 Å². The van der Waals surface area contributed by atoms with E-state index in [1.807, 2.05) is 29.6 Å². The van der Waals surface area contributed by atoms with Gasteiger partial charge in [0.25, 0.3) is 5.91 Å². The monoisotopic (exact) mass is 379 g/mol. The highest BCUT2D eigenvalue weighted by Gasteiger charge is 2.12. The highest BCUT2D eigenvalue weighted by Crippen LogP contribution is 2.28. The number of thiazole rings is 1. The van der Waals surface area contributed by atoms with Crippen LogP contribution >= 0.6 is 11.3 Å². The lowest BCUT2D eigenvalue weighted by atomic mass is 10.0. The van der Waals surface area contributed by atoms with Crippen molar-refractivity contribution in [1.82, 2.24) is 4.98 Å². The first-order valence-electron chi connectivity index (χ1n) is 9.21. The molecule has 140 valence electrons. The Labute approximate surface area is 164 Å². The second-order valence-corrected chi connectivity index (χ2v) is 7.39. The zero-order chi connectivity index (χ0) is 19.4. The van der Waals surface area contributed by atoms with Crippen LogP contribution in [-0.2, 0) is 0 Å². The molecular weight excluding hydrogens is 354 g/mol. The van der Waals surface area contributed by atoms with Gasteiger partial charge in [-0.25, -0.2) is 4.98 Å². The Bertz CT molecular complexity index is 927. The Morgan fingerprint density at radius 2 is 1.78 bits per heavy atom. The minimum atomic E-state index is -0.136. The lowest BCUT2D eigenvalue weighted by Crippen LogP contribution is -2.21. The zero-order valence-corrected chi connectivity index (χ0v) is 17.1. The van der Waals surface area contributed by atoms with Gasteiger partial charge in [0.1, 0.15) is 0 Å². The van der Waals surface area contributed by atoms with Gasteiger partial charge in [0.05, 0.1) is 5.69 Å². The summed E-state index contributed by atoms with van der Waals surface area (Å²) in [6, 6.07) is 14.0. The number of aromatic nitrogens is 1. The van der Waals surface area contributed by atoms with Crippen molar-refractivity contribution < 1.29 is 4.79 Å². The summed E-state index contributed by atoms with van der Waals surface area (Å²) in [6.07, 6.45) is 0. The van der Waals surface area contributed by atoms with E-state index < -0.39 is 0 Å². The number of carbonyl (C=O) groups excluding carboxylic acids is 1. The molecule has 0 unspecified atom stereocenters. The van der Waals surface area contributed by atoms with Crippen molar-refractivity contribution in [3.8, 4) is 11.3 Å². The number of nitrogens with zero attached hydrogens (tertiary/aromatic N) is 2. The second kappa shape index (κ2) is 8.35. The molecule has 3 aromatic rings. The number of anilines is 2. The number of aryl methyl sites for hydroxylation is 2. The maximum atomic E-state index is 12.5. The number of rotatable bonds is 6. The van der Waals surface area contributed by atoms with E-state index in [4.69, 9.17) is 0 Å². The molecule has 0 aliphatic rings. The van der Waals surface area contributed by atoms with E-state index in [1.54, 1.807) is 0 Å². The van der Waals surface area contributed by atoms with Gasteiger partial charge in [-0.1, -0.05) is 17.7 Å². The number of amides is 1. The van der Waals surface area contributed by atoms with Crippen molar-refractivity contribution >= 4 is 28.1 Å². The summed E-state index contributed by atoms with van der Waals surface area (Å²) in [7, 11) is 0. The third-order valence-corrected chi connectivity index (χ3v) is 5.41. The van der Waals surface area contributed by atoms with E-state index in [2.05, 4.69) is 61.1 Å². The number of hydrogen-bond donors (Lipinski definition) is 1. The fourth-order valence-electron chi connectivity index (χ4n) is 3.05. The molecule has 1 amide bonds. The normalized spacial score (nSPS) is 10.7. The van der Waals surface area contributed by atoms with Crippen molar-refractivity contribution in [2.24, 2.45) is 0 Å². The molecule has 0 fully saturated rings. The molecule has 0 saturated carbocycles. The minimum Gasteiger partial charge on any atom is -0.372 e. The van der Waals surface area contributed by atoms with Crippen molar-refractivity contribution in [1.29, 1.82) is 0 Å². The molecule has 0 atom stereocenters. The summed E-state index contributed by atoms with van der Waals surface area (Å²) in [4.78, 5) is 19.4. The molecule has 1 N–H and O–H groups in total. The fourth-order valence-corrected chi connectivity index (χ4v) is 3.75. The first-order valence-corrected chi connectivity index (χ1v) is 10.1. The summed E-state index contributed by atoms with van der Waals surface area (Å²) >= 11 is 1.45. The zero-order valence-electron chi connectivity index (χ0n) is 16.2. The van der Waals surface area contributed by atoms with E-state index in [0.29, 0.717) is 10.7 Å². The van der Waals surface area contributed by atoms with Crippen LogP contribution in [0.1, 0.15) is 35.3 Å². The Hall–Kier alpha value is -2.66. The van der Waals surface area contributed by atoms with E-state index in [-0.39, 0.29) is 5.91 Å². The van der Waals surface area contributed by atoms with Crippen molar-refractivity contribution in [2.45, 2.75) is 27.7 Å². The van der Waals surface area contributed by atoms with Gasteiger partial charge in [0.15, 0.2) is 5.13 Å². The summed E-state index contributed by atoms with van der Waals surface area (Å²) in [5.74, 6) is -0.136. The van der Waals surface area contributed by atoms with Crippen LogP contribution in [0.15, 0.2) is 47.8 Å². The molecule has 0 spiro atoms. The quantitative estimate of drug-likeness (QED) is 0.613. The third-order valence-electron chi connectivity index (χ3n) is 4.65. The van der Waals surface area contributed by atoms with Gasteiger partial charge in [-0.15, -0.1) is 11.3 Å². The first-order chi connectivity index (χ1) is 13.0. The van der Waals surface area contributed by atoms with Crippen molar-refractivity contribution in [2.75, 3.05) is 23.3 Å². The molecule has 0 radical (unpaired) electrons. The number of nitrogens with one attached hydrogen (secondary N) is 1. The van der Waals surface area contributed by atoms with Gasteiger partial charge in [-0.2, -0.15) is 0 Å². The predicted octanol–water partition coefficient (Wildman–Crippen LogP) is 5.53. The van der Waals surface area contributed by atoms with Crippen LogP contribution in [-0.4, -0.2) is 24.0 Å². The average molecular weight is 380 g/mol. The lowest BCUT2D eigenvalue weighted by Gasteiger charge is -2.20. The SMILES string of the molecule is CCN(CC)c1ccc(C(=O)Nc2nc(-c3cc(C)ccc3C)cs2)cc1. The van der Waals surface area contributed by atoms with E-state index in [0.717, 1.165) is 30.0 Å². The minimum absolute atomic E-state index is 0.136. The highest BCUT2D eigenvalue weighted by molar-refractivity contribution is 7.14. The molecule has 4 nitrogen and oxygen atoms in total. The van der Waals surface area contributed by atoms with Crippen LogP contribution < -0.4 is 10.2 Å². The smallest absolute Gasteiger partial charge is 0.257 e. The first kappa shape index (κ1) is 19.1. The van der Waals surface area contributed by atoms with Gasteiger partial charge in [0, 0.05) is 35.3 Å². The molecule has 1 aromatic heterocycles. The van der Waals surface area contributed by atoms with Gasteiger partial charge in [0.2, 0.25) is 0 Å². The van der Waals surface area contributed by atoms with Gasteiger partial charge >= 0.3 is 0 Å². The van der Waals surface area contributed by atoms with Crippen LogP contribution in [0.2, 0.25) is 0 Å². The van der Waals surface area contributed by atoms with Crippen LogP contribution in [0, 0.1) is 13.8 Å². The molecule has 27 heavy (non-hydrogen) atoms. The van der Waals surface area contributed by atoms with Gasteiger partial charge < -0.3 is 4.90 Å². The fraction of sp³-hybridized carbons (Fsp3) is 0.273. The van der Waals surface area contributed by atoms with Gasteiger partial charge in [-0.3, -0.25) is 10.1 Å². The van der Waals surface area contributed by atoms with Crippen molar-refractivity contribution in [3.05, 3.63) is 64.5 Å². The highest BCUT2D eigenvalue weighted by atomic mass is 32.1. The second-order valence-electron chi connectivity index (χ2n) is 6.53. The molecule has 2 aromatic carbocycles. The molecule has 0 aliphatic heterocycles. The molecule has 3 rings (SSSR count). The van der Waals surface area contributed by atoms with Gasteiger partial charge in [-0.05, 0) is 63.6 Å². The molecule has 0 bridgehead atoms. The molecule has 0 saturated heterocycles. The Morgan fingerprint density at radius 1 is 1.07 bits per heavy atom. The van der Waals surface area contributed by atoms with E-state index in [1.165, 1.54) is 22.5 Å². The molecule has 0 aliphatic carbocycles. The Morgan fingerprint density at radius 3 is 2.44 bits per heavy atom. The number of carbonyl (C=O) groups is 1. The van der Waals surface area contributed by atoms with E-state index >= 15 is 0 Å². The average Bonchev–Trinajstić information content (AvgIpc) is 3.13. The summed E-state index contributed by atoms with van der Waals surface area (Å²) in [5.41, 5.74) is 6.14. The number of hydrogen-bond acceptors (Lipinski definition) is 4. The number of benzene rings is 2.